The van der Waals surface area contributed by atoms with Crippen molar-refractivity contribution in [2.24, 2.45) is 5.73 Å². The number of aliphatic carboxylic acids is 2. The van der Waals surface area contributed by atoms with Gasteiger partial charge in [-0.15, -0.1) is 10.2 Å². The molecule has 0 radical (unpaired) electrons. The van der Waals surface area contributed by atoms with Crippen LogP contribution in [0.25, 0.3) is 11.4 Å². The molecule has 27 heavy (non-hydrogen) atoms. The van der Waals surface area contributed by atoms with Crippen molar-refractivity contribution in [3.05, 3.63) is 54.5 Å². The van der Waals surface area contributed by atoms with Crippen LogP contribution in [0.5, 0.6) is 0 Å². The first-order valence-electron chi connectivity index (χ1n) is 7.83. The minimum atomic E-state index is -1.82. The van der Waals surface area contributed by atoms with Gasteiger partial charge in [0.25, 0.3) is 0 Å². The number of nitrogens with two attached hydrogens (primary N) is 1. The molecule has 9 nitrogen and oxygen atoms in total. The molecule has 10 heteroatoms. The third-order valence-electron chi connectivity index (χ3n) is 3.17. The van der Waals surface area contributed by atoms with Gasteiger partial charge >= 0.3 is 11.9 Å². The van der Waals surface area contributed by atoms with Gasteiger partial charge < -0.3 is 20.4 Å². The van der Waals surface area contributed by atoms with E-state index in [0.717, 1.165) is 28.1 Å². The molecule has 2 aromatic heterocycles. The van der Waals surface area contributed by atoms with Gasteiger partial charge in [-0.2, -0.15) is 0 Å². The molecule has 0 unspecified atom stereocenters. The fourth-order valence-corrected chi connectivity index (χ4v) is 2.75. The third-order valence-corrected chi connectivity index (χ3v) is 4.17. The number of furan rings is 1. The molecule has 2 heterocycles. The van der Waals surface area contributed by atoms with Crippen molar-refractivity contribution < 1.29 is 24.2 Å². The molecular formula is C17H18N4O5S. The Labute approximate surface area is 158 Å². The maximum Gasteiger partial charge on any atom is 0.414 e. The minimum absolute atomic E-state index is 0.608. The first-order valence-corrected chi connectivity index (χ1v) is 8.81. The van der Waals surface area contributed by atoms with Crippen molar-refractivity contribution in [1.29, 1.82) is 0 Å². The van der Waals surface area contributed by atoms with E-state index in [2.05, 4.69) is 14.8 Å². The van der Waals surface area contributed by atoms with E-state index < -0.39 is 11.9 Å². The number of hydrogen-bond acceptors (Lipinski definition) is 7. The number of hydrogen-bond donors (Lipinski definition) is 3. The average Bonchev–Trinajstić information content (AvgIpc) is 3.32. The second kappa shape index (κ2) is 10.1. The molecule has 0 fully saturated rings. The van der Waals surface area contributed by atoms with E-state index in [9.17, 15) is 0 Å². The van der Waals surface area contributed by atoms with Gasteiger partial charge in [-0.1, -0.05) is 42.1 Å². The molecule has 142 valence electrons. The van der Waals surface area contributed by atoms with Crippen LogP contribution in [-0.4, -0.2) is 49.2 Å². The summed E-state index contributed by atoms with van der Waals surface area (Å²) < 4.78 is 7.51. The molecule has 4 N–H and O–H groups in total. The molecular weight excluding hydrogens is 372 g/mol. The lowest BCUT2D eigenvalue weighted by atomic mass is 10.2. The van der Waals surface area contributed by atoms with Gasteiger partial charge in [-0.25, -0.2) is 9.59 Å². The van der Waals surface area contributed by atoms with Crippen LogP contribution in [0.2, 0.25) is 0 Å². The van der Waals surface area contributed by atoms with E-state index in [4.69, 9.17) is 30.0 Å². The summed E-state index contributed by atoms with van der Waals surface area (Å²) in [6.07, 6.45) is 1.68. The second-order valence-corrected chi connectivity index (χ2v) is 6.15. The zero-order chi connectivity index (χ0) is 19.6. The van der Waals surface area contributed by atoms with Crippen LogP contribution < -0.4 is 5.73 Å². The second-order valence-electron chi connectivity index (χ2n) is 5.09. The molecule has 0 aliphatic rings. The van der Waals surface area contributed by atoms with Crippen molar-refractivity contribution in [2.75, 3.05) is 12.3 Å². The maximum atomic E-state index is 9.10. The molecule has 0 saturated heterocycles. The Morgan fingerprint density at radius 2 is 1.78 bits per heavy atom. The molecule has 0 aliphatic carbocycles. The molecule has 0 saturated carbocycles. The highest BCUT2D eigenvalue weighted by molar-refractivity contribution is 7.99. The number of nitrogens with zero attached hydrogens (tertiary/aromatic N) is 3. The van der Waals surface area contributed by atoms with Gasteiger partial charge in [0.15, 0.2) is 11.0 Å². The Morgan fingerprint density at radius 3 is 2.33 bits per heavy atom. The molecule has 0 spiro atoms. The largest absolute Gasteiger partial charge is 0.473 e. The van der Waals surface area contributed by atoms with Gasteiger partial charge in [-0.05, 0) is 12.1 Å². The summed E-state index contributed by atoms with van der Waals surface area (Å²) in [5.41, 5.74) is 6.62. The quantitative estimate of drug-likeness (QED) is 0.423. The van der Waals surface area contributed by atoms with E-state index in [-0.39, 0.29) is 0 Å². The lowest BCUT2D eigenvalue weighted by Crippen LogP contribution is -2.09. The molecule has 3 aromatic rings. The summed E-state index contributed by atoms with van der Waals surface area (Å²) in [5.74, 6) is -1.12. The molecule has 3 rings (SSSR count). The van der Waals surface area contributed by atoms with E-state index in [1.165, 1.54) is 0 Å². The number of aromatic nitrogens is 3. The number of carbonyl (C=O) groups is 2. The Morgan fingerprint density at radius 1 is 1.07 bits per heavy atom. The first-order chi connectivity index (χ1) is 13.0. The Bertz CT molecular complexity index is 853. The van der Waals surface area contributed by atoms with Crippen molar-refractivity contribution in [3.63, 3.8) is 0 Å². The number of carboxylic acids is 2. The number of carboxylic acid groups (broad SMARTS) is 2. The van der Waals surface area contributed by atoms with Crippen LogP contribution in [0.4, 0.5) is 0 Å². The lowest BCUT2D eigenvalue weighted by Gasteiger charge is -2.08. The predicted molar refractivity (Wildman–Crippen MR) is 98.3 cm³/mol. The Hall–Kier alpha value is -3.11. The average molecular weight is 390 g/mol. The van der Waals surface area contributed by atoms with Gasteiger partial charge in [0.05, 0.1) is 12.8 Å². The van der Waals surface area contributed by atoms with E-state index in [1.807, 2.05) is 42.5 Å². The lowest BCUT2D eigenvalue weighted by molar-refractivity contribution is -0.159. The van der Waals surface area contributed by atoms with E-state index >= 15 is 0 Å². The highest BCUT2D eigenvalue weighted by Crippen LogP contribution is 2.24. The van der Waals surface area contributed by atoms with Crippen LogP contribution in [0.1, 0.15) is 5.76 Å². The molecule has 0 aliphatic heterocycles. The molecule has 0 amide bonds. The first kappa shape index (κ1) is 20.2. The molecule has 0 bridgehead atoms. The van der Waals surface area contributed by atoms with Crippen molar-refractivity contribution in [3.8, 4) is 11.4 Å². The summed E-state index contributed by atoms with van der Waals surface area (Å²) in [4.78, 5) is 18.2. The summed E-state index contributed by atoms with van der Waals surface area (Å²) in [6, 6.07) is 13.9. The van der Waals surface area contributed by atoms with Gasteiger partial charge in [0.1, 0.15) is 5.76 Å². The van der Waals surface area contributed by atoms with Crippen LogP contribution in [0, 0.1) is 0 Å². The number of thioether (sulfide) groups is 1. The summed E-state index contributed by atoms with van der Waals surface area (Å²) in [7, 11) is 0. The normalized spacial score (nSPS) is 10.1. The summed E-state index contributed by atoms with van der Waals surface area (Å²) in [5, 5.41) is 24.3. The number of benzene rings is 1. The van der Waals surface area contributed by atoms with Gasteiger partial charge in [0, 0.05) is 17.9 Å². The number of rotatable bonds is 6. The zero-order valence-electron chi connectivity index (χ0n) is 14.2. The summed E-state index contributed by atoms with van der Waals surface area (Å²) in [6.45, 7) is 1.22. The fraction of sp³-hybridized carbons (Fsp3) is 0.176. The van der Waals surface area contributed by atoms with E-state index in [0.29, 0.717) is 13.1 Å². The van der Waals surface area contributed by atoms with E-state index in [1.54, 1.807) is 18.0 Å². The highest BCUT2D eigenvalue weighted by atomic mass is 32.2. The smallest absolute Gasteiger partial charge is 0.414 e. The highest BCUT2D eigenvalue weighted by Gasteiger charge is 2.15. The SMILES string of the molecule is NCCSc1nnc(-c2ccccc2)n1Cc1ccco1.O=C(O)C(=O)O. The van der Waals surface area contributed by atoms with Crippen LogP contribution in [0.15, 0.2) is 58.3 Å². The van der Waals surface area contributed by atoms with Crippen molar-refractivity contribution in [2.45, 2.75) is 11.7 Å². The standard InChI is InChI=1S/C15H16N4OS.C2H2O4/c16-8-10-21-15-18-17-14(12-5-2-1-3-6-12)19(15)11-13-7-4-9-20-13;3-1(4)2(5)6/h1-7,9H,8,10-11,16H2;(H,3,4)(H,5,6). The van der Waals surface area contributed by atoms with Crippen LogP contribution >= 0.6 is 11.8 Å². The van der Waals surface area contributed by atoms with Crippen molar-refractivity contribution >= 4 is 23.7 Å². The third kappa shape index (κ3) is 5.97. The van der Waals surface area contributed by atoms with Gasteiger partial charge in [0.2, 0.25) is 0 Å². The predicted octanol–water partition coefficient (Wildman–Crippen LogP) is 1.79. The maximum absolute atomic E-state index is 9.10. The summed E-state index contributed by atoms with van der Waals surface area (Å²) >= 11 is 1.61. The Balaban J connectivity index is 0.000000380. The zero-order valence-corrected chi connectivity index (χ0v) is 15.0. The minimum Gasteiger partial charge on any atom is -0.473 e. The van der Waals surface area contributed by atoms with Crippen LogP contribution in [-0.2, 0) is 16.1 Å². The van der Waals surface area contributed by atoms with Gasteiger partial charge in [-0.3, -0.25) is 4.57 Å². The van der Waals surface area contributed by atoms with Crippen molar-refractivity contribution in [1.82, 2.24) is 14.8 Å². The topological polar surface area (TPSA) is 144 Å². The molecule has 1 aromatic carbocycles. The fourth-order valence-electron chi connectivity index (χ4n) is 2.05. The Kier molecular flexibility index (Phi) is 7.59. The monoisotopic (exact) mass is 390 g/mol. The van der Waals surface area contributed by atoms with Crippen LogP contribution in [0.3, 0.4) is 0 Å². The molecule has 0 atom stereocenters.